The summed E-state index contributed by atoms with van der Waals surface area (Å²) in [5.41, 5.74) is 5.55. The quantitative estimate of drug-likeness (QED) is 0.484. The first-order valence-electron chi connectivity index (χ1n) is 9.38. The Kier molecular flexibility index (Phi) is 8.41. The third-order valence-corrected chi connectivity index (χ3v) is 7.42. The molecular weight excluding hydrogens is 460 g/mol. The Morgan fingerprint density at radius 3 is 2.32 bits per heavy atom. The number of ketones is 1. The van der Waals surface area contributed by atoms with Gasteiger partial charge in [-0.15, -0.1) is 11.3 Å². The number of Topliss-reactive ketones (excluding diaryl/α,β-unsaturated/α-hetero) is 1. The largest absolute Gasteiger partial charge is 0.396 e. The average molecular weight is 485 g/mol. The molecule has 1 aromatic carbocycles. The van der Waals surface area contributed by atoms with Crippen LogP contribution in [0, 0.1) is 27.7 Å². The normalized spacial score (nSPS) is 11.1. The number of aliphatic hydroxyl groups excluding tert-OH is 1. The Labute approximate surface area is 191 Å². The van der Waals surface area contributed by atoms with Gasteiger partial charge in [0.05, 0.1) is 4.88 Å². The molecule has 0 unspecified atom stereocenters. The number of thiophene rings is 1. The molecule has 2 N–H and O–H groups in total. The van der Waals surface area contributed by atoms with E-state index in [1.807, 2.05) is 0 Å². The Hall–Kier alpha value is -2.20. The van der Waals surface area contributed by atoms with Gasteiger partial charge in [0.1, 0.15) is 15.6 Å². The molecule has 0 radical (unpaired) electrons. The summed E-state index contributed by atoms with van der Waals surface area (Å²) in [5, 5.41) is 14.0. The van der Waals surface area contributed by atoms with Crippen LogP contribution in [0.1, 0.15) is 44.5 Å². The standard InChI is InChI=1S/C11H16O.C10H9ClN2O4S2/c1-8-6-9(2)11(4-5-12)10(3)7-8;1-5-8(11)10(17-12-5)13-19(15,16)7-3-4-18-9(7)6(2)14/h6-7,12H,4-5H2,1-3H3;3-4,13H,1-2H3. The summed E-state index contributed by atoms with van der Waals surface area (Å²) in [5.74, 6) is -0.491. The van der Waals surface area contributed by atoms with Crippen LogP contribution in [-0.4, -0.2) is 31.1 Å². The van der Waals surface area contributed by atoms with Crippen molar-refractivity contribution in [2.45, 2.75) is 45.9 Å². The maximum Gasteiger partial charge on any atom is 0.265 e. The lowest BCUT2D eigenvalue weighted by atomic mass is 9.98. The topological polar surface area (TPSA) is 110 Å². The molecule has 3 rings (SSSR count). The van der Waals surface area contributed by atoms with Crippen LogP contribution >= 0.6 is 22.9 Å². The van der Waals surface area contributed by atoms with E-state index in [1.54, 1.807) is 6.92 Å². The van der Waals surface area contributed by atoms with Crippen molar-refractivity contribution < 1.29 is 22.8 Å². The fourth-order valence-corrected chi connectivity index (χ4v) is 5.63. The van der Waals surface area contributed by atoms with Crippen LogP contribution in [0.2, 0.25) is 5.02 Å². The van der Waals surface area contributed by atoms with Gasteiger partial charge in [0.25, 0.3) is 15.9 Å². The van der Waals surface area contributed by atoms with Gasteiger partial charge in [-0.1, -0.05) is 34.5 Å². The number of anilines is 1. The molecule has 2 heterocycles. The molecule has 0 atom stereocenters. The van der Waals surface area contributed by atoms with E-state index in [1.165, 1.54) is 40.6 Å². The zero-order valence-corrected chi connectivity index (χ0v) is 20.3. The summed E-state index contributed by atoms with van der Waals surface area (Å²) < 4.78 is 31.2. The van der Waals surface area contributed by atoms with Crippen LogP contribution in [0.25, 0.3) is 0 Å². The molecule has 31 heavy (non-hydrogen) atoms. The van der Waals surface area contributed by atoms with E-state index in [4.69, 9.17) is 21.2 Å². The van der Waals surface area contributed by atoms with E-state index in [0.29, 0.717) is 5.69 Å². The molecule has 10 heteroatoms. The lowest BCUT2D eigenvalue weighted by Gasteiger charge is -2.09. The van der Waals surface area contributed by atoms with Crippen LogP contribution in [0.15, 0.2) is 33.0 Å². The molecule has 0 spiro atoms. The van der Waals surface area contributed by atoms with Crippen molar-refractivity contribution in [1.29, 1.82) is 0 Å². The van der Waals surface area contributed by atoms with E-state index < -0.39 is 10.0 Å². The lowest BCUT2D eigenvalue weighted by Crippen LogP contribution is -2.14. The number of halogens is 1. The SMILES string of the molecule is CC(=O)c1sccc1S(=O)(=O)Nc1onc(C)c1Cl.Cc1cc(C)c(CCO)c(C)c1. The molecule has 0 aliphatic heterocycles. The number of rotatable bonds is 6. The molecule has 3 aromatic rings. The predicted octanol–water partition coefficient (Wildman–Crippen LogP) is 4.85. The third kappa shape index (κ3) is 6.16. The molecule has 0 fully saturated rings. The number of sulfonamides is 1. The highest BCUT2D eigenvalue weighted by molar-refractivity contribution is 7.93. The smallest absolute Gasteiger partial charge is 0.265 e. The van der Waals surface area contributed by atoms with E-state index >= 15 is 0 Å². The minimum atomic E-state index is -3.93. The minimum Gasteiger partial charge on any atom is -0.396 e. The highest BCUT2D eigenvalue weighted by Gasteiger charge is 2.25. The predicted molar refractivity (Wildman–Crippen MR) is 123 cm³/mol. The number of aliphatic hydroxyl groups is 1. The van der Waals surface area contributed by atoms with Crippen molar-refractivity contribution >= 4 is 44.6 Å². The van der Waals surface area contributed by atoms with Crippen LogP contribution in [0.5, 0.6) is 0 Å². The maximum absolute atomic E-state index is 12.1. The molecule has 7 nitrogen and oxygen atoms in total. The van der Waals surface area contributed by atoms with Gasteiger partial charge in [-0.3, -0.25) is 4.79 Å². The van der Waals surface area contributed by atoms with Gasteiger partial charge in [-0.25, -0.2) is 13.1 Å². The van der Waals surface area contributed by atoms with E-state index in [-0.39, 0.29) is 33.1 Å². The first-order valence-corrected chi connectivity index (χ1v) is 12.1. The number of aryl methyl sites for hydroxylation is 4. The second kappa shape index (κ2) is 10.4. The van der Waals surface area contributed by atoms with E-state index in [9.17, 15) is 13.2 Å². The van der Waals surface area contributed by atoms with Crippen LogP contribution < -0.4 is 4.72 Å². The number of carbonyl (C=O) groups is 1. The summed E-state index contributed by atoms with van der Waals surface area (Å²) in [6, 6.07) is 5.68. The second-order valence-corrected chi connectivity index (χ2v) is 9.98. The fraction of sp³-hybridized carbons (Fsp3) is 0.333. The minimum absolute atomic E-state index is 0.0863. The van der Waals surface area contributed by atoms with Crippen molar-refractivity contribution in [1.82, 2.24) is 5.16 Å². The van der Waals surface area contributed by atoms with Gasteiger partial charge in [0.2, 0.25) is 0 Å². The maximum atomic E-state index is 12.1. The Balaban J connectivity index is 0.000000245. The molecule has 0 saturated carbocycles. The first kappa shape index (κ1) is 25.1. The van der Waals surface area contributed by atoms with Crippen molar-refractivity contribution in [3.8, 4) is 0 Å². The van der Waals surface area contributed by atoms with Crippen molar-refractivity contribution in [2.24, 2.45) is 0 Å². The first-order chi connectivity index (χ1) is 14.5. The molecule has 2 aromatic heterocycles. The number of benzene rings is 1. The average Bonchev–Trinajstić information content (AvgIpc) is 3.29. The van der Waals surface area contributed by atoms with Gasteiger partial charge in [0, 0.05) is 6.61 Å². The van der Waals surface area contributed by atoms with Crippen molar-refractivity contribution in [2.75, 3.05) is 11.3 Å². The second-order valence-electron chi connectivity index (χ2n) is 7.04. The van der Waals surface area contributed by atoms with Crippen molar-refractivity contribution in [3.05, 3.63) is 61.4 Å². The fourth-order valence-electron chi connectivity index (χ4n) is 3.08. The van der Waals surface area contributed by atoms with Gasteiger partial charge in [-0.05, 0) is 69.2 Å². The molecule has 0 bridgehead atoms. The van der Waals surface area contributed by atoms with E-state index in [2.05, 4.69) is 42.8 Å². The summed E-state index contributed by atoms with van der Waals surface area (Å²) in [6.45, 7) is 9.43. The molecule has 0 saturated heterocycles. The molecule has 0 amide bonds. The summed E-state index contributed by atoms with van der Waals surface area (Å²) >= 11 is 6.89. The zero-order chi connectivity index (χ0) is 23.3. The summed E-state index contributed by atoms with van der Waals surface area (Å²) in [7, 11) is -3.93. The summed E-state index contributed by atoms with van der Waals surface area (Å²) in [6.07, 6.45) is 0.776. The number of hydrogen-bond acceptors (Lipinski definition) is 7. The van der Waals surface area contributed by atoms with Crippen LogP contribution in [0.3, 0.4) is 0 Å². The van der Waals surface area contributed by atoms with Gasteiger partial charge < -0.3 is 9.63 Å². The number of hydrogen-bond donors (Lipinski definition) is 2. The monoisotopic (exact) mass is 484 g/mol. The number of carbonyl (C=O) groups excluding carboxylic acids is 1. The van der Waals surface area contributed by atoms with Crippen LogP contribution in [-0.2, 0) is 16.4 Å². The molecule has 0 aliphatic carbocycles. The Morgan fingerprint density at radius 2 is 1.84 bits per heavy atom. The van der Waals surface area contributed by atoms with Gasteiger partial charge >= 0.3 is 0 Å². The molecule has 0 aliphatic rings. The molecule has 168 valence electrons. The lowest BCUT2D eigenvalue weighted by molar-refractivity contribution is 0.101. The summed E-state index contributed by atoms with van der Waals surface area (Å²) in [4.78, 5) is 11.4. The Bertz CT molecular complexity index is 1160. The van der Waals surface area contributed by atoms with Crippen molar-refractivity contribution in [3.63, 3.8) is 0 Å². The number of aromatic nitrogens is 1. The molecular formula is C21H25ClN2O5S2. The van der Waals surface area contributed by atoms with Gasteiger partial charge in [-0.2, -0.15) is 0 Å². The highest BCUT2D eigenvalue weighted by Crippen LogP contribution is 2.29. The third-order valence-electron chi connectivity index (χ3n) is 4.46. The number of nitrogens with one attached hydrogen (secondary N) is 1. The van der Waals surface area contributed by atoms with E-state index in [0.717, 1.165) is 17.8 Å². The zero-order valence-electron chi connectivity index (χ0n) is 17.9. The number of nitrogens with zero attached hydrogens (tertiary/aromatic N) is 1. The Morgan fingerprint density at radius 1 is 1.23 bits per heavy atom. The highest BCUT2D eigenvalue weighted by atomic mass is 35.5. The van der Waals surface area contributed by atoms with Gasteiger partial charge in [0.15, 0.2) is 5.78 Å². The van der Waals surface area contributed by atoms with Crippen LogP contribution in [0.4, 0.5) is 5.88 Å².